The van der Waals surface area contributed by atoms with E-state index in [0.29, 0.717) is 24.1 Å². The molecule has 2 aliphatic rings. The molecule has 1 aromatic rings. The highest BCUT2D eigenvalue weighted by Crippen LogP contribution is 2.59. The van der Waals surface area contributed by atoms with Gasteiger partial charge in [0.15, 0.2) is 0 Å². The number of carbonyl (C=O) groups is 1. The minimum Gasteiger partial charge on any atom is -0.387 e. The number of nitrogens with one attached hydrogen (secondary N) is 1. The van der Waals surface area contributed by atoms with Gasteiger partial charge in [-0.05, 0) is 49.0 Å². The van der Waals surface area contributed by atoms with Crippen molar-refractivity contribution in [1.82, 2.24) is 5.32 Å². The fourth-order valence-corrected chi connectivity index (χ4v) is 4.41. The number of amides is 1. The molecule has 0 aliphatic heterocycles. The van der Waals surface area contributed by atoms with E-state index in [2.05, 4.69) is 29.6 Å². The van der Waals surface area contributed by atoms with Gasteiger partial charge in [0.05, 0.1) is 5.60 Å². The SMILES string of the molecule is CSCC(C)(O)CNC(=O)C1C2CCc3ccccc3C21. The van der Waals surface area contributed by atoms with Gasteiger partial charge in [-0.3, -0.25) is 4.79 Å². The van der Waals surface area contributed by atoms with Crippen LogP contribution in [0.25, 0.3) is 0 Å². The Labute approximate surface area is 130 Å². The molecular weight excluding hydrogens is 282 g/mol. The Bertz CT molecular complexity index is 543. The second-order valence-corrected chi connectivity index (χ2v) is 7.47. The van der Waals surface area contributed by atoms with E-state index in [-0.39, 0.29) is 11.8 Å². The molecule has 0 spiro atoms. The molecule has 2 N–H and O–H groups in total. The van der Waals surface area contributed by atoms with Gasteiger partial charge in [-0.2, -0.15) is 11.8 Å². The van der Waals surface area contributed by atoms with Crippen molar-refractivity contribution >= 4 is 17.7 Å². The van der Waals surface area contributed by atoms with Gasteiger partial charge in [0, 0.05) is 18.2 Å². The highest BCUT2D eigenvalue weighted by atomic mass is 32.2. The summed E-state index contributed by atoms with van der Waals surface area (Å²) in [5.41, 5.74) is 1.95. The molecule has 4 heteroatoms. The van der Waals surface area contributed by atoms with Crippen molar-refractivity contribution in [2.75, 3.05) is 18.6 Å². The molecule has 1 saturated carbocycles. The lowest BCUT2D eigenvalue weighted by atomic mass is 9.92. The lowest BCUT2D eigenvalue weighted by Gasteiger charge is -2.22. The molecule has 0 heterocycles. The third-order valence-electron chi connectivity index (χ3n) is 4.73. The number of benzene rings is 1. The van der Waals surface area contributed by atoms with Crippen molar-refractivity contribution in [1.29, 1.82) is 0 Å². The van der Waals surface area contributed by atoms with Crippen molar-refractivity contribution in [2.24, 2.45) is 11.8 Å². The molecule has 1 aromatic carbocycles. The number of thioether (sulfide) groups is 1. The van der Waals surface area contributed by atoms with Crippen molar-refractivity contribution < 1.29 is 9.90 Å². The molecule has 4 unspecified atom stereocenters. The van der Waals surface area contributed by atoms with Crippen LogP contribution < -0.4 is 5.32 Å². The van der Waals surface area contributed by atoms with E-state index in [1.54, 1.807) is 18.7 Å². The molecule has 0 radical (unpaired) electrons. The van der Waals surface area contributed by atoms with Gasteiger partial charge >= 0.3 is 0 Å². The summed E-state index contributed by atoms with van der Waals surface area (Å²) < 4.78 is 0. The van der Waals surface area contributed by atoms with Crippen LogP contribution in [0.2, 0.25) is 0 Å². The third-order valence-corrected chi connectivity index (χ3v) is 5.64. The molecule has 0 saturated heterocycles. The molecule has 0 bridgehead atoms. The van der Waals surface area contributed by atoms with Crippen molar-refractivity contribution in [3.63, 3.8) is 0 Å². The van der Waals surface area contributed by atoms with Gasteiger partial charge in [-0.15, -0.1) is 0 Å². The van der Waals surface area contributed by atoms with E-state index in [0.717, 1.165) is 12.8 Å². The Morgan fingerprint density at radius 1 is 1.48 bits per heavy atom. The Hall–Kier alpha value is -1.00. The van der Waals surface area contributed by atoms with Gasteiger partial charge in [0.2, 0.25) is 5.91 Å². The van der Waals surface area contributed by atoms with Crippen LogP contribution in [-0.2, 0) is 11.2 Å². The summed E-state index contributed by atoms with van der Waals surface area (Å²) >= 11 is 1.59. The first-order valence-corrected chi connectivity index (χ1v) is 9.00. The third kappa shape index (κ3) is 2.97. The Kier molecular flexibility index (Phi) is 4.02. The average Bonchev–Trinajstić information content (AvgIpc) is 3.20. The van der Waals surface area contributed by atoms with Crippen molar-refractivity contribution in [3.05, 3.63) is 35.4 Å². The molecule has 4 atom stereocenters. The van der Waals surface area contributed by atoms with Crippen molar-refractivity contribution in [3.8, 4) is 0 Å². The number of hydrogen-bond acceptors (Lipinski definition) is 3. The van der Waals surface area contributed by atoms with Crippen LogP contribution in [0, 0.1) is 11.8 Å². The average molecular weight is 305 g/mol. The number of hydrogen-bond donors (Lipinski definition) is 2. The van der Waals surface area contributed by atoms with E-state index in [1.165, 1.54) is 11.1 Å². The van der Waals surface area contributed by atoms with Crippen LogP contribution in [-0.4, -0.2) is 35.2 Å². The first kappa shape index (κ1) is 14.9. The molecule has 114 valence electrons. The molecule has 2 aliphatic carbocycles. The summed E-state index contributed by atoms with van der Waals surface area (Å²) in [6, 6.07) is 8.50. The highest BCUT2D eigenvalue weighted by molar-refractivity contribution is 7.98. The minimum absolute atomic E-state index is 0.110. The maximum Gasteiger partial charge on any atom is 0.224 e. The lowest BCUT2D eigenvalue weighted by molar-refractivity contribution is -0.123. The monoisotopic (exact) mass is 305 g/mol. The standard InChI is InChI=1S/C17H23NO2S/c1-17(20,10-21-2)9-18-16(19)15-13-8-7-11-5-3-4-6-12(11)14(13)15/h3-6,13-15,20H,7-10H2,1-2H3,(H,18,19). The zero-order chi connectivity index (χ0) is 15.0. The predicted molar refractivity (Wildman–Crippen MR) is 86.5 cm³/mol. The smallest absolute Gasteiger partial charge is 0.224 e. The molecule has 1 fully saturated rings. The van der Waals surface area contributed by atoms with E-state index in [9.17, 15) is 9.90 Å². The topological polar surface area (TPSA) is 49.3 Å². The summed E-state index contributed by atoms with van der Waals surface area (Å²) in [5, 5.41) is 13.1. The second-order valence-electron chi connectivity index (χ2n) is 6.60. The maximum atomic E-state index is 12.4. The second kappa shape index (κ2) is 5.65. The van der Waals surface area contributed by atoms with Crippen LogP contribution in [0.15, 0.2) is 24.3 Å². The lowest BCUT2D eigenvalue weighted by Crippen LogP contribution is -2.43. The Morgan fingerprint density at radius 2 is 2.24 bits per heavy atom. The number of aryl methyl sites for hydroxylation is 1. The summed E-state index contributed by atoms with van der Waals surface area (Å²) in [6.45, 7) is 2.11. The summed E-state index contributed by atoms with van der Waals surface area (Å²) in [4.78, 5) is 12.4. The molecule has 1 amide bonds. The fourth-order valence-electron chi connectivity index (χ4n) is 3.68. The zero-order valence-electron chi connectivity index (χ0n) is 12.6. The zero-order valence-corrected chi connectivity index (χ0v) is 13.5. The molecule has 0 aromatic heterocycles. The van der Waals surface area contributed by atoms with Crippen LogP contribution >= 0.6 is 11.8 Å². The van der Waals surface area contributed by atoms with Gasteiger partial charge in [0.1, 0.15) is 0 Å². The van der Waals surface area contributed by atoms with E-state index in [4.69, 9.17) is 0 Å². The van der Waals surface area contributed by atoms with Crippen LogP contribution in [0.5, 0.6) is 0 Å². The Balaban J connectivity index is 1.62. The van der Waals surface area contributed by atoms with Crippen LogP contribution in [0.4, 0.5) is 0 Å². The molecule has 21 heavy (non-hydrogen) atoms. The van der Waals surface area contributed by atoms with Gasteiger partial charge in [-0.25, -0.2) is 0 Å². The summed E-state index contributed by atoms with van der Waals surface area (Å²) in [6.07, 6.45) is 4.16. The number of rotatable bonds is 5. The van der Waals surface area contributed by atoms with Gasteiger partial charge in [-0.1, -0.05) is 24.3 Å². The first-order chi connectivity index (χ1) is 10.0. The number of fused-ring (bicyclic) bond motifs is 3. The van der Waals surface area contributed by atoms with Crippen molar-refractivity contribution in [2.45, 2.75) is 31.3 Å². The van der Waals surface area contributed by atoms with Gasteiger partial charge < -0.3 is 10.4 Å². The van der Waals surface area contributed by atoms with Crippen LogP contribution in [0.1, 0.15) is 30.4 Å². The van der Waals surface area contributed by atoms with Gasteiger partial charge in [0.25, 0.3) is 0 Å². The van der Waals surface area contributed by atoms with E-state index >= 15 is 0 Å². The normalized spacial score (nSPS) is 29.0. The summed E-state index contributed by atoms with van der Waals surface area (Å²) in [7, 11) is 0. The maximum absolute atomic E-state index is 12.4. The minimum atomic E-state index is -0.826. The number of carbonyl (C=O) groups excluding carboxylic acids is 1. The largest absolute Gasteiger partial charge is 0.387 e. The molecular formula is C17H23NO2S. The Morgan fingerprint density at radius 3 is 3.00 bits per heavy atom. The quantitative estimate of drug-likeness (QED) is 0.877. The molecule has 3 rings (SSSR count). The van der Waals surface area contributed by atoms with E-state index in [1.807, 2.05) is 6.26 Å². The summed E-state index contributed by atoms with van der Waals surface area (Å²) in [5.74, 6) is 1.76. The fraction of sp³-hybridized carbons (Fsp3) is 0.588. The van der Waals surface area contributed by atoms with Crippen LogP contribution in [0.3, 0.4) is 0 Å². The van der Waals surface area contributed by atoms with E-state index < -0.39 is 5.60 Å². The number of aliphatic hydroxyl groups is 1. The highest BCUT2D eigenvalue weighted by Gasteiger charge is 2.56. The first-order valence-electron chi connectivity index (χ1n) is 7.60. The molecule has 3 nitrogen and oxygen atoms in total. The predicted octanol–water partition coefficient (Wildman–Crippen LogP) is 2.19.